The molecule has 0 aromatic heterocycles. The van der Waals surface area contributed by atoms with Crippen LogP contribution in [-0.2, 0) is 9.53 Å². The maximum Gasteiger partial charge on any atom is 0.331 e. The minimum absolute atomic E-state index is 0.00393. The molecule has 0 amide bonds. The highest BCUT2D eigenvalue weighted by Crippen LogP contribution is 2.14. The van der Waals surface area contributed by atoms with Gasteiger partial charge >= 0.3 is 5.97 Å². The van der Waals surface area contributed by atoms with E-state index in [2.05, 4.69) is 32.7 Å². The number of esters is 1. The fourth-order valence-corrected chi connectivity index (χ4v) is 1.69. The van der Waals surface area contributed by atoms with E-state index < -0.39 is 0 Å². The Kier molecular flexibility index (Phi) is 7.06. The number of rotatable bonds is 8. The zero-order valence-electron chi connectivity index (χ0n) is 11.0. The topological polar surface area (TPSA) is 38.3 Å². The van der Waals surface area contributed by atoms with Crippen LogP contribution in [0.15, 0.2) is 12.7 Å². The van der Waals surface area contributed by atoms with E-state index in [9.17, 15) is 4.79 Å². The van der Waals surface area contributed by atoms with Crippen molar-refractivity contribution in [3.05, 3.63) is 12.7 Å². The molecule has 1 unspecified atom stereocenters. The zero-order valence-corrected chi connectivity index (χ0v) is 11.0. The van der Waals surface area contributed by atoms with Gasteiger partial charge in [-0.15, -0.1) is 0 Å². The number of nitrogens with one attached hydrogen (secondary N) is 1. The second-order valence-electron chi connectivity index (χ2n) is 4.77. The Morgan fingerprint density at radius 2 is 2.12 bits per heavy atom. The summed E-state index contributed by atoms with van der Waals surface area (Å²) in [7, 11) is 0. The Labute approximate surface area is 99.3 Å². The molecule has 0 fully saturated rings. The van der Waals surface area contributed by atoms with Gasteiger partial charge in [0.05, 0.1) is 0 Å². The van der Waals surface area contributed by atoms with Gasteiger partial charge in [-0.25, -0.2) is 4.79 Å². The Balaban J connectivity index is 3.93. The number of carbonyl (C=O) groups excluding carboxylic acids is 1. The van der Waals surface area contributed by atoms with Crippen LogP contribution in [0, 0.1) is 0 Å². The smallest absolute Gasteiger partial charge is 0.331 e. The third-order valence-electron chi connectivity index (χ3n) is 2.46. The van der Waals surface area contributed by atoms with Gasteiger partial charge in [0.1, 0.15) is 0 Å². The summed E-state index contributed by atoms with van der Waals surface area (Å²) in [6.07, 6.45) is 5.64. The highest BCUT2D eigenvalue weighted by molar-refractivity contribution is 5.81. The average molecular weight is 227 g/mol. The molecular weight excluding hydrogens is 202 g/mol. The highest BCUT2D eigenvalue weighted by Gasteiger charge is 2.20. The maximum absolute atomic E-state index is 11.0. The summed E-state index contributed by atoms with van der Waals surface area (Å²) >= 11 is 0. The molecule has 0 saturated carbocycles. The van der Waals surface area contributed by atoms with E-state index >= 15 is 0 Å². The summed E-state index contributed by atoms with van der Waals surface area (Å²) in [6, 6.07) is 0. The van der Waals surface area contributed by atoms with Crippen molar-refractivity contribution in [3.63, 3.8) is 0 Å². The summed E-state index contributed by atoms with van der Waals surface area (Å²) in [5, 5.41) is 3.29. The van der Waals surface area contributed by atoms with Crippen molar-refractivity contribution in [1.82, 2.24) is 5.32 Å². The van der Waals surface area contributed by atoms with Crippen LogP contribution in [0.4, 0.5) is 0 Å². The fourth-order valence-electron chi connectivity index (χ4n) is 1.69. The van der Waals surface area contributed by atoms with Gasteiger partial charge in [0.2, 0.25) is 0 Å². The molecule has 1 atom stereocenters. The molecule has 3 heteroatoms. The molecule has 0 aromatic rings. The van der Waals surface area contributed by atoms with Gasteiger partial charge in [0, 0.05) is 11.6 Å². The molecule has 0 rings (SSSR count). The second-order valence-corrected chi connectivity index (χ2v) is 4.77. The van der Waals surface area contributed by atoms with Gasteiger partial charge in [-0.2, -0.15) is 0 Å². The SMILES string of the molecule is C=CC(=O)OC(C)NC(C)(C)CCCCC. The van der Waals surface area contributed by atoms with Crippen molar-refractivity contribution >= 4 is 5.97 Å². The molecule has 0 aliphatic rings. The van der Waals surface area contributed by atoms with Crippen LogP contribution in [0.5, 0.6) is 0 Å². The van der Waals surface area contributed by atoms with Gasteiger partial charge in [0.25, 0.3) is 0 Å². The van der Waals surface area contributed by atoms with Crippen LogP contribution in [0.2, 0.25) is 0 Å². The lowest BCUT2D eigenvalue weighted by atomic mass is 9.96. The molecule has 1 N–H and O–H groups in total. The standard InChI is InChI=1S/C13H25NO2/c1-6-8-9-10-13(4,5)14-11(3)16-12(15)7-2/h7,11,14H,2,6,8-10H2,1,3-5H3. The molecule has 0 saturated heterocycles. The highest BCUT2D eigenvalue weighted by atomic mass is 16.6. The lowest BCUT2D eigenvalue weighted by molar-refractivity contribution is -0.144. The second kappa shape index (κ2) is 7.44. The summed E-state index contributed by atoms with van der Waals surface area (Å²) in [4.78, 5) is 11.0. The molecule has 0 bridgehead atoms. The minimum Gasteiger partial charge on any atom is -0.444 e. The van der Waals surface area contributed by atoms with E-state index in [1.165, 1.54) is 25.3 Å². The molecule has 0 radical (unpaired) electrons. The molecule has 3 nitrogen and oxygen atoms in total. The lowest BCUT2D eigenvalue weighted by Gasteiger charge is -2.29. The molecular formula is C13H25NO2. The first-order valence-electron chi connectivity index (χ1n) is 6.02. The first kappa shape index (κ1) is 15.2. The first-order valence-corrected chi connectivity index (χ1v) is 6.02. The fraction of sp³-hybridized carbons (Fsp3) is 0.769. The predicted molar refractivity (Wildman–Crippen MR) is 67.1 cm³/mol. The first-order chi connectivity index (χ1) is 7.41. The number of hydrogen-bond donors (Lipinski definition) is 1. The predicted octanol–water partition coefficient (Wildman–Crippen LogP) is 3.01. The number of ether oxygens (including phenoxy) is 1. The Morgan fingerprint density at radius 3 is 2.62 bits per heavy atom. The average Bonchev–Trinajstić information content (AvgIpc) is 2.16. The number of carbonyl (C=O) groups is 1. The third kappa shape index (κ3) is 7.46. The van der Waals surface area contributed by atoms with Crippen molar-refractivity contribution in [2.24, 2.45) is 0 Å². The van der Waals surface area contributed by atoms with E-state index in [1.54, 1.807) is 0 Å². The zero-order chi connectivity index (χ0) is 12.6. The quantitative estimate of drug-likeness (QED) is 0.300. The monoisotopic (exact) mass is 227 g/mol. The van der Waals surface area contributed by atoms with E-state index in [0.717, 1.165) is 6.42 Å². The molecule has 16 heavy (non-hydrogen) atoms. The van der Waals surface area contributed by atoms with Crippen LogP contribution in [0.1, 0.15) is 53.4 Å². The van der Waals surface area contributed by atoms with Crippen molar-refractivity contribution in [2.75, 3.05) is 0 Å². The number of unbranched alkanes of at least 4 members (excludes halogenated alkanes) is 2. The van der Waals surface area contributed by atoms with Gasteiger partial charge in [-0.1, -0.05) is 32.8 Å². The van der Waals surface area contributed by atoms with E-state index in [1.807, 2.05) is 6.92 Å². The van der Waals surface area contributed by atoms with Gasteiger partial charge < -0.3 is 4.74 Å². The summed E-state index contributed by atoms with van der Waals surface area (Å²) < 4.78 is 5.07. The van der Waals surface area contributed by atoms with Crippen LogP contribution in [0.3, 0.4) is 0 Å². The van der Waals surface area contributed by atoms with E-state index in [-0.39, 0.29) is 17.7 Å². The van der Waals surface area contributed by atoms with Crippen LogP contribution >= 0.6 is 0 Å². The Hall–Kier alpha value is -0.830. The molecule has 0 spiro atoms. The minimum atomic E-state index is -0.385. The van der Waals surface area contributed by atoms with Gasteiger partial charge in [-0.05, 0) is 27.2 Å². The largest absolute Gasteiger partial charge is 0.444 e. The Morgan fingerprint density at radius 1 is 1.50 bits per heavy atom. The Bertz CT molecular complexity index is 224. The van der Waals surface area contributed by atoms with Crippen LogP contribution in [-0.4, -0.2) is 17.7 Å². The van der Waals surface area contributed by atoms with Crippen molar-refractivity contribution in [2.45, 2.75) is 65.1 Å². The number of hydrogen-bond acceptors (Lipinski definition) is 3. The maximum atomic E-state index is 11.0. The van der Waals surface area contributed by atoms with Gasteiger partial charge in [-0.3, -0.25) is 5.32 Å². The molecule has 0 aliphatic heterocycles. The normalized spacial score (nSPS) is 13.2. The molecule has 0 aromatic carbocycles. The molecule has 94 valence electrons. The summed E-state index contributed by atoms with van der Waals surface area (Å²) in [5.74, 6) is -0.385. The van der Waals surface area contributed by atoms with Crippen LogP contribution < -0.4 is 5.32 Å². The van der Waals surface area contributed by atoms with Crippen molar-refractivity contribution < 1.29 is 9.53 Å². The summed E-state index contributed by atoms with van der Waals surface area (Å²) in [5.41, 5.74) is -0.00393. The van der Waals surface area contributed by atoms with E-state index in [0.29, 0.717) is 0 Å². The van der Waals surface area contributed by atoms with Gasteiger partial charge in [0.15, 0.2) is 6.23 Å². The molecule has 0 aliphatic carbocycles. The third-order valence-corrected chi connectivity index (χ3v) is 2.46. The van der Waals surface area contributed by atoms with E-state index in [4.69, 9.17) is 4.74 Å². The molecule has 0 heterocycles. The lowest BCUT2D eigenvalue weighted by Crippen LogP contribution is -2.46. The van der Waals surface area contributed by atoms with Crippen molar-refractivity contribution in [3.8, 4) is 0 Å². The van der Waals surface area contributed by atoms with Crippen LogP contribution in [0.25, 0.3) is 0 Å². The van der Waals surface area contributed by atoms with Crippen molar-refractivity contribution in [1.29, 1.82) is 0 Å². The summed E-state index contributed by atoms with van der Waals surface area (Å²) in [6.45, 7) is 11.6.